The molecule has 0 heterocycles. The molecule has 0 amide bonds. The first-order chi connectivity index (χ1) is 32.0. The summed E-state index contributed by atoms with van der Waals surface area (Å²) >= 11 is 0. The van der Waals surface area contributed by atoms with Gasteiger partial charge in [-0.2, -0.15) is 0 Å². The molecule has 6 nitrogen and oxygen atoms in total. The highest BCUT2D eigenvalue weighted by Crippen LogP contribution is 2.12. The lowest BCUT2D eigenvalue weighted by molar-refractivity contribution is -0.166. The number of allylic oxidation sites excluding steroid dienone is 24. The van der Waals surface area contributed by atoms with Crippen LogP contribution in [0.2, 0.25) is 0 Å². The van der Waals surface area contributed by atoms with Gasteiger partial charge in [-0.3, -0.25) is 14.4 Å². The van der Waals surface area contributed by atoms with Gasteiger partial charge in [0.25, 0.3) is 0 Å². The van der Waals surface area contributed by atoms with Gasteiger partial charge in [0.1, 0.15) is 13.2 Å². The van der Waals surface area contributed by atoms with Crippen molar-refractivity contribution in [3.8, 4) is 0 Å². The highest BCUT2D eigenvalue weighted by Gasteiger charge is 2.19. The van der Waals surface area contributed by atoms with Crippen LogP contribution in [-0.2, 0) is 28.6 Å². The molecule has 0 rings (SSSR count). The number of carbonyl (C=O) groups is 3. The Bertz CT molecular complexity index is 1490. The third kappa shape index (κ3) is 50.2. The minimum Gasteiger partial charge on any atom is -0.462 e. The molecule has 65 heavy (non-hydrogen) atoms. The molecular formula is C59H90O6. The van der Waals surface area contributed by atoms with Crippen molar-refractivity contribution in [1.29, 1.82) is 0 Å². The van der Waals surface area contributed by atoms with Gasteiger partial charge in [-0.25, -0.2) is 0 Å². The molecule has 0 N–H and O–H groups in total. The van der Waals surface area contributed by atoms with Crippen molar-refractivity contribution in [3.63, 3.8) is 0 Å². The summed E-state index contributed by atoms with van der Waals surface area (Å²) in [6, 6.07) is 0. The van der Waals surface area contributed by atoms with Gasteiger partial charge in [0, 0.05) is 19.3 Å². The Kier molecular flexibility index (Phi) is 48.2. The number of unbranched alkanes of at least 4 members (excludes halogenated alkanes) is 8. The van der Waals surface area contributed by atoms with E-state index in [1.807, 2.05) is 24.3 Å². The van der Waals surface area contributed by atoms with E-state index < -0.39 is 12.1 Å². The molecule has 6 heteroatoms. The molecule has 0 aliphatic heterocycles. The quantitative estimate of drug-likeness (QED) is 0.0263. The average molecular weight is 895 g/mol. The summed E-state index contributed by atoms with van der Waals surface area (Å²) in [5.41, 5.74) is 0. The highest BCUT2D eigenvalue weighted by molar-refractivity contribution is 5.71. The van der Waals surface area contributed by atoms with Crippen LogP contribution < -0.4 is 0 Å². The van der Waals surface area contributed by atoms with Gasteiger partial charge in [-0.05, 0) is 96.3 Å². The van der Waals surface area contributed by atoms with Crippen molar-refractivity contribution in [2.75, 3.05) is 13.2 Å². The summed E-state index contributed by atoms with van der Waals surface area (Å²) in [5.74, 6) is -1.13. The molecule has 0 aromatic carbocycles. The fraction of sp³-hybridized carbons (Fsp3) is 0.542. The summed E-state index contributed by atoms with van der Waals surface area (Å²) in [4.78, 5) is 37.8. The standard InChI is InChI=1S/C59H90O6/c1-4-7-10-13-16-19-21-23-25-27-29-31-33-35-37-40-43-46-49-52-58(61)64-55-56(54-63-57(60)51-48-45-42-39-18-15-12-9-6-3)65-59(62)53-50-47-44-41-38-36-34-32-30-28-26-24-22-20-17-14-11-8-5-2/h7-8,10-11,16-17,19-20,23-26,29-32,35-38,43-44,46-47,56H,4-6,9,12-15,18,21-22,27-28,33-34,39-42,45,48-55H2,1-3H3/b10-7-,11-8-,19-16-,20-17-,25-23-,26-24-,31-29-,32-30-,37-35-,38-36-,46-43-,47-44-/t56-/m1/s1. The molecule has 0 saturated heterocycles. The Balaban J connectivity index is 4.60. The van der Waals surface area contributed by atoms with E-state index in [-0.39, 0.29) is 38.0 Å². The molecule has 0 aliphatic carbocycles. The summed E-state index contributed by atoms with van der Waals surface area (Å²) in [5, 5.41) is 0. The first-order valence-corrected chi connectivity index (χ1v) is 25.3. The molecule has 0 spiro atoms. The van der Waals surface area contributed by atoms with Crippen LogP contribution in [0.4, 0.5) is 0 Å². The summed E-state index contributed by atoms with van der Waals surface area (Å²) in [6.45, 7) is 6.23. The lowest BCUT2D eigenvalue weighted by atomic mass is 10.1. The van der Waals surface area contributed by atoms with E-state index in [1.165, 1.54) is 38.5 Å². The maximum atomic E-state index is 12.7. The maximum absolute atomic E-state index is 12.7. The molecule has 1 atom stereocenters. The summed E-state index contributed by atoms with van der Waals surface area (Å²) < 4.78 is 16.6. The van der Waals surface area contributed by atoms with Gasteiger partial charge < -0.3 is 14.2 Å². The van der Waals surface area contributed by atoms with E-state index in [1.54, 1.807) is 0 Å². The largest absolute Gasteiger partial charge is 0.462 e. The number of rotatable bonds is 43. The molecule has 0 fully saturated rings. The molecule has 0 radical (unpaired) electrons. The Morgan fingerprint density at radius 1 is 0.323 bits per heavy atom. The molecule has 0 unspecified atom stereocenters. The van der Waals surface area contributed by atoms with E-state index in [2.05, 4.69) is 142 Å². The molecule has 0 bridgehead atoms. The van der Waals surface area contributed by atoms with Crippen LogP contribution in [0.3, 0.4) is 0 Å². The Labute approximate surface area is 397 Å². The predicted octanol–water partition coefficient (Wildman–Crippen LogP) is 16.9. The Morgan fingerprint density at radius 3 is 0.938 bits per heavy atom. The van der Waals surface area contributed by atoms with Crippen LogP contribution in [0.15, 0.2) is 146 Å². The second-order valence-corrected chi connectivity index (χ2v) is 16.0. The van der Waals surface area contributed by atoms with Gasteiger partial charge in [0.15, 0.2) is 6.10 Å². The zero-order valence-corrected chi connectivity index (χ0v) is 41.2. The first-order valence-electron chi connectivity index (χ1n) is 25.3. The number of esters is 3. The maximum Gasteiger partial charge on any atom is 0.306 e. The summed E-state index contributed by atoms with van der Waals surface area (Å²) in [6.07, 6.45) is 74.3. The van der Waals surface area contributed by atoms with Crippen molar-refractivity contribution in [1.82, 2.24) is 0 Å². The van der Waals surface area contributed by atoms with Crippen LogP contribution in [0.25, 0.3) is 0 Å². The van der Waals surface area contributed by atoms with Crippen LogP contribution >= 0.6 is 0 Å². The molecule has 0 saturated carbocycles. The lowest BCUT2D eigenvalue weighted by Crippen LogP contribution is -2.30. The van der Waals surface area contributed by atoms with Crippen LogP contribution in [0.1, 0.15) is 188 Å². The first kappa shape index (κ1) is 60.3. The molecule has 0 aromatic rings. The highest BCUT2D eigenvalue weighted by atomic mass is 16.6. The average Bonchev–Trinajstić information content (AvgIpc) is 3.30. The van der Waals surface area contributed by atoms with E-state index in [0.29, 0.717) is 19.3 Å². The molecule has 0 aromatic heterocycles. The van der Waals surface area contributed by atoms with E-state index >= 15 is 0 Å². The van der Waals surface area contributed by atoms with Crippen molar-refractivity contribution in [2.45, 2.75) is 194 Å². The topological polar surface area (TPSA) is 78.9 Å². The zero-order chi connectivity index (χ0) is 47.2. The van der Waals surface area contributed by atoms with Crippen molar-refractivity contribution < 1.29 is 28.6 Å². The van der Waals surface area contributed by atoms with Gasteiger partial charge in [-0.15, -0.1) is 0 Å². The number of hydrogen-bond acceptors (Lipinski definition) is 6. The second-order valence-electron chi connectivity index (χ2n) is 16.0. The van der Waals surface area contributed by atoms with Crippen LogP contribution in [-0.4, -0.2) is 37.2 Å². The minimum absolute atomic E-state index is 0.137. The third-order valence-electron chi connectivity index (χ3n) is 9.87. The normalized spacial score (nSPS) is 13.3. The van der Waals surface area contributed by atoms with E-state index in [4.69, 9.17) is 14.2 Å². The second kappa shape index (κ2) is 51.9. The van der Waals surface area contributed by atoms with Crippen LogP contribution in [0, 0.1) is 0 Å². The smallest absolute Gasteiger partial charge is 0.306 e. The predicted molar refractivity (Wildman–Crippen MR) is 279 cm³/mol. The zero-order valence-electron chi connectivity index (χ0n) is 41.2. The van der Waals surface area contributed by atoms with Crippen molar-refractivity contribution in [2.24, 2.45) is 0 Å². The van der Waals surface area contributed by atoms with E-state index in [0.717, 1.165) is 96.3 Å². The van der Waals surface area contributed by atoms with Gasteiger partial charge >= 0.3 is 17.9 Å². The minimum atomic E-state index is -0.852. The number of hydrogen-bond donors (Lipinski definition) is 0. The third-order valence-corrected chi connectivity index (χ3v) is 9.87. The SMILES string of the molecule is CC/C=C\C/C=C\C/C=C\C/C=C\C/C=C\C/C=C\CCC(=O)OC[C@@H](COC(=O)CCCCCCCCCCC)OC(=O)CC/C=C\C/C=C\C/C=C\C/C=C\C/C=C\C/C=C\CC. The lowest BCUT2D eigenvalue weighted by Gasteiger charge is -2.18. The number of ether oxygens (including phenoxy) is 3. The molecule has 0 aliphatic rings. The fourth-order valence-electron chi connectivity index (χ4n) is 6.14. The molecular weight excluding hydrogens is 805 g/mol. The summed E-state index contributed by atoms with van der Waals surface area (Å²) in [7, 11) is 0. The Morgan fingerprint density at radius 2 is 0.600 bits per heavy atom. The fourth-order valence-corrected chi connectivity index (χ4v) is 6.14. The van der Waals surface area contributed by atoms with Gasteiger partial charge in [0.2, 0.25) is 0 Å². The van der Waals surface area contributed by atoms with E-state index in [9.17, 15) is 14.4 Å². The van der Waals surface area contributed by atoms with Crippen LogP contribution in [0.5, 0.6) is 0 Å². The van der Waals surface area contributed by atoms with Gasteiger partial charge in [-0.1, -0.05) is 218 Å². The number of carbonyl (C=O) groups excluding carboxylic acids is 3. The van der Waals surface area contributed by atoms with Crippen molar-refractivity contribution in [3.05, 3.63) is 146 Å². The van der Waals surface area contributed by atoms with Gasteiger partial charge in [0.05, 0.1) is 0 Å². The monoisotopic (exact) mass is 895 g/mol. The Hall–Kier alpha value is -4.71. The molecule has 362 valence electrons. The van der Waals surface area contributed by atoms with Crippen molar-refractivity contribution >= 4 is 17.9 Å².